The summed E-state index contributed by atoms with van der Waals surface area (Å²) in [5, 5.41) is 0. The largest absolute Gasteiger partial charge is 0.523 e. The van der Waals surface area contributed by atoms with Gasteiger partial charge in [0.2, 0.25) is 0 Å². The number of hydrogen-bond acceptors (Lipinski definition) is 3. The summed E-state index contributed by atoms with van der Waals surface area (Å²) in [7, 11) is -5.94. The van der Waals surface area contributed by atoms with Crippen LogP contribution in [0.15, 0.2) is 36.9 Å². The van der Waals surface area contributed by atoms with Crippen LogP contribution in [0, 0.1) is 0 Å². The second-order valence-corrected chi connectivity index (χ2v) is 13.7. The fourth-order valence-electron chi connectivity index (χ4n) is 1.46. The highest BCUT2D eigenvalue weighted by atomic mass is 28.5. The standard InChI is InChI=1S/C11H24O3Si3/c1-9-15(5)13-16(6,7)14-17(8,10-2)12-11(3)4/h9-10,15H,1-3H2,4-8H3. The van der Waals surface area contributed by atoms with E-state index in [1.165, 1.54) is 0 Å². The molecule has 0 saturated heterocycles. The molecule has 0 aliphatic carbocycles. The second-order valence-electron chi connectivity index (χ2n) is 4.58. The maximum absolute atomic E-state index is 6.10. The molecule has 0 amide bonds. The zero-order chi connectivity index (χ0) is 13.7. The first-order valence-electron chi connectivity index (χ1n) is 5.63. The molecule has 0 aromatic rings. The molecule has 6 heteroatoms. The lowest BCUT2D eigenvalue weighted by molar-refractivity contribution is 0.298. The van der Waals surface area contributed by atoms with Crippen molar-refractivity contribution in [1.29, 1.82) is 0 Å². The lowest BCUT2D eigenvalue weighted by Crippen LogP contribution is -2.50. The van der Waals surface area contributed by atoms with Crippen LogP contribution in [0.25, 0.3) is 0 Å². The molecule has 0 aliphatic heterocycles. The Morgan fingerprint density at radius 1 is 1.24 bits per heavy atom. The Hall–Kier alpha value is -0.409. The van der Waals surface area contributed by atoms with Gasteiger partial charge in [0.25, 0.3) is 0 Å². The molecule has 0 aromatic heterocycles. The zero-order valence-electron chi connectivity index (χ0n) is 11.6. The van der Waals surface area contributed by atoms with Crippen molar-refractivity contribution in [3.05, 3.63) is 36.9 Å². The van der Waals surface area contributed by atoms with Crippen molar-refractivity contribution in [3.63, 3.8) is 0 Å². The van der Waals surface area contributed by atoms with Crippen LogP contribution < -0.4 is 0 Å². The Bertz CT molecular complexity index is 304. The lowest BCUT2D eigenvalue weighted by Gasteiger charge is -2.34. The third kappa shape index (κ3) is 6.79. The highest BCUT2D eigenvalue weighted by Gasteiger charge is 2.39. The van der Waals surface area contributed by atoms with Gasteiger partial charge in [-0.25, -0.2) is 0 Å². The van der Waals surface area contributed by atoms with Crippen LogP contribution in [0.2, 0.25) is 26.2 Å². The van der Waals surface area contributed by atoms with Gasteiger partial charge in [0, 0.05) is 0 Å². The van der Waals surface area contributed by atoms with Gasteiger partial charge in [0.1, 0.15) is 0 Å². The molecule has 2 unspecified atom stereocenters. The molecule has 0 aromatic carbocycles. The molecule has 2 atom stereocenters. The van der Waals surface area contributed by atoms with E-state index in [-0.39, 0.29) is 0 Å². The monoisotopic (exact) mass is 288 g/mol. The third-order valence-electron chi connectivity index (χ3n) is 2.00. The van der Waals surface area contributed by atoms with Gasteiger partial charge in [-0.1, -0.05) is 12.3 Å². The first kappa shape index (κ1) is 16.6. The van der Waals surface area contributed by atoms with Crippen molar-refractivity contribution in [3.8, 4) is 0 Å². The van der Waals surface area contributed by atoms with Crippen LogP contribution in [-0.4, -0.2) is 26.2 Å². The fourth-order valence-corrected chi connectivity index (χ4v) is 11.2. The van der Waals surface area contributed by atoms with Crippen LogP contribution in [0.4, 0.5) is 0 Å². The summed E-state index contributed by atoms with van der Waals surface area (Å²) in [5.74, 6) is 0.651. The van der Waals surface area contributed by atoms with Crippen molar-refractivity contribution < 1.29 is 12.7 Å². The van der Waals surface area contributed by atoms with E-state index in [4.69, 9.17) is 12.7 Å². The third-order valence-corrected chi connectivity index (χ3v) is 11.5. The second kappa shape index (κ2) is 6.50. The molecule has 0 spiro atoms. The van der Waals surface area contributed by atoms with Crippen molar-refractivity contribution in [2.45, 2.75) is 33.1 Å². The molecule has 0 N–H and O–H groups in total. The van der Waals surface area contributed by atoms with Gasteiger partial charge in [-0.2, -0.15) is 0 Å². The van der Waals surface area contributed by atoms with Crippen LogP contribution >= 0.6 is 0 Å². The van der Waals surface area contributed by atoms with Crippen molar-refractivity contribution >= 4 is 26.2 Å². The van der Waals surface area contributed by atoms with Gasteiger partial charge in [-0.05, 0) is 38.8 Å². The molecule has 0 heterocycles. The number of allylic oxidation sites excluding steroid dienone is 1. The Labute approximate surface area is 109 Å². The maximum Gasteiger partial charge on any atom is 0.413 e. The summed E-state index contributed by atoms with van der Waals surface area (Å²) >= 11 is 0. The maximum atomic E-state index is 6.10. The molecular formula is C11H24O3Si3. The zero-order valence-corrected chi connectivity index (χ0v) is 14.7. The van der Waals surface area contributed by atoms with Crippen LogP contribution in [0.3, 0.4) is 0 Å². The minimum Gasteiger partial charge on any atom is -0.523 e. The van der Waals surface area contributed by atoms with E-state index in [1.807, 2.05) is 32.3 Å². The first-order chi connectivity index (χ1) is 7.64. The Kier molecular flexibility index (Phi) is 6.35. The van der Waals surface area contributed by atoms with Gasteiger partial charge in [0.15, 0.2) is 9.04 Å². The Morgan fingerprint density at radius 3 is 2.12 bits per heavy atom. The predicted molar refractivity (Wildman–Crippen MR) is 80.6 cm³/mol. The lowest BCUT2D eigenvalue weighted by atomic mass is 10.7. The SMILES string of the molecule is C=C[SiH](C)O[Si](C)(C)O[Si](C)(C=C)OC(=C)C. The summed E-state index contributed by atoms with van der Waals surface area (Å²) < 4.78 is 17.8. The van der Waals surface area contributed by atoms with Gasteiger partial charge in [-0.3, -0.25) is 0 Å². The minimum atomic E-state index is -2.41. The predicted octanol–water partition coefficient (Wildman–Crippen LogP) is 3.15. The smallest absolute Gasteiger partial charge is 0.413 e. The molecule has 0 rings (SSSR count). The minimum absolute atomic E-state index is 0.651. The van der Waals surface area contributed by atoms with Gasteiger partial charge < -0.3 is 12.7 Å². The average molecular weight is 289 g/mol. The van der Waals surface area contributed by atoms with Gasteiger partial charge in [0.05, 0.1) is 5.76 Å². The molecule has 0 saturated carbocycles. The summed E-state index contributed by atoms with van der Waals surface area (Å²) in [4.78, 5) is 0. The molecule has 0 bridgehead atoms. The van der Waals surface area contributed by atoms with E-state index < -0.39 is 26.2 Å². The highest BCUT2D eigenvalue weighted by Crippen LogP contribution is 2.20. The molecule has 0 fully saturated rings. The van der Waals surface area contributed by atoms with Crippen LogP contribution in [-0.2, 0) is 12.7 Å². The van der Waals surface area contributed by atoms with E-state index in [2.05, 4.69) is 26.3 Å². The van der Waals surface area contributed by atoms with E-state index in [0.717, 1.165) is 0 Å². The molecule has 0 radical (unpaired) electrons. The Balaban J connectivity index is 4.69. The fraction of sp³-hybridized carbons (Fsp3) is 0.455. The molecule has 17 heavy (non-hydrogen) atoms. The topological polar surface area (TPSA) is 27.7 Å². The summed E-state index contributed by atoms with van der Waals surface area (Å²) in [6.07, 6.45) is 0. The quantitative estimate of drug-likeness (QED) is 0.507. The van der Waals surface area contributed by atoms with Crippen LogP contribution in [0.1, 0.15) is 6.92 Å². The van der Waals surface area contributed by atoms with Crippen molar-refractivity contribution in [2.75, 3.05) is 0 Å². The van der Waals surface area contributed by atoms with Gasteiger partial charge in [-0.15, -0.1) is 13.2 Å². The van der Waals surface area contributed by atoms with Crippen molar-refractivity contribution in [1.82, 2.24) is 0 Å². The molecular weight excluding hydrogens is 264 g/mol. The van der Waals surface area contributed by atoms with E-state index >= 15 is 0 Å². The van der Waals surface area contributed by atoms with Crippen LogP contribution in [0.5, 0.6) is 0 Å². The van der Waals surface area contributed by atoms with Crippen molar-refractivity contribution in [2.24, 2.45) is 0 Å². The normalized spacial score (nSPS) is 16.8. The van der Waals surface area contributed by atoms with E-state index in [1.54, 1.807) is 5.70 Å². The number of rotatable bonds is 8. The van der Waals surface area contributed by atoms with E-state index in [9.17, 15) is 0 Å². The van der Waals surface area contributed by atoms with E-state index in [0.29, 0.717) is 5.76 Å². The number of hydrogen-bond donors (Lipinski definition) is 0. The Morgan fingerprint density at radius 2 is 1.76 bits per heavy atom. The summed E-state index contributed by atoms with van der Waals surface area (Å²) in [6, 6.07) is 0. The summed E-state index contributed by atoms with van der Waals surface area (Å²) in [6.45, 7) is 21.2. The summed E-state index contributed by atoms with van der Waals surface area (Å²) in [5.41, 5.74) is 3.66. The first-order valence-corrected chi connectivity index (χ1v) is 13.1. The molecule has 0 aliphatic rings. The molecule has 98 valence electrons. The average Bonchev–Trinajstić information content (AvgIpc) is 2.14. The molecule has 3 nitrogen and oxygen atoms in total. The highest BCUT2D eigenvalue weighted by molar-refractivity contribution is 6.85. The van der Waals surface area contributed by atoms with Gasteiger partial charge >= 0.3 is 17.1 Å².